The van der Waals surface area contributed by atoms with Gasteiger partial charge in [0.2, 0.25) is 0 Å². The van der Waals surface area contributed by atoms with E-state index in [1.807, 2.05) is 26.2 Å². The molecule has 5 nitrogen and oxygen atoms in total. The summed E-state index contributed by atoms with van der Waals surface area (Å²) in [5.41, 5.74) is 2.29. The third-order valence-electron chi connectivity index (χ3n) is 3.34. The van der Waals surface area contributed by atoms with E-state index in [1.165, 1.54) is 11.1 Å². The SMILES string of the molecule is CCNC(=NCC(C)(C)OC)NCCc1ccncc1C. The van der Waals surface area contributed by atoms with Crippen molar-refractivity contribution in [1.29, 1.82) is 0 Å². The molecule has 21 heavy (non-hydrogen) atoms. The first-order chi connectivity index (χ1) is 9.98. The summed E-state index contributed by atoms with van der Waals surface area (Å²) in [6.07, 6.45) is 4.69. The van der Waals surface area contributed by atoms with Crippen LogP contribution in [0.4, 0.5) is 0 Å². The topological polar surface area (TPSA) is 58.5 Å². The molecule has 0 amide bonds. The van der Waals surface area contributed by atoms with Crippen LogP contribution in [0.15, 0.2) is 23.5 Å². The molecule has 0 aromatic carbocycles. The molecule has 0 fully saturated rings. The maximum atomic E-state index is 5.39. The Hall–Kier alpha value is -1.62. The highest BCUT2D eigenvalue weighted by atomic mass is 16.5. The molecule has 2 N–H and O–H groups in total. The van der Waals surface area contributed by atoms with Gasteiger partial charge in [-0.25, -0.2) is 0 Å². The molecule has 0 radical (unpaired) electrons. The number of nitrogens with one attached hydrogen (secondary N) is 2. The smallest absolute Gasteiger partial charge is 0.191 e. The van der Waals surface area contributed by atoms with Gasteiger partial charge in [-0.2, -0.15) is 0 Å². The van der Waals surface area contributed by atoms with Crippen molar-refractivity contribution >= 4 is 5.96 Å². The zero-order valence-electron chi connectivity index (χ0n) is 13.9. The first-order valence-corrected chi connectivity index (χ1v) is 7.45. The second-order valence-electron chi connectivity index (χ2n) is 5.64. The first kappa shape index (κ1) is 17.4. The normalized spacial score (nSPS) is 12.3. The number of hydrogen-bond acceptors (Lipinski definition) is 3. The fourth-order valence-corrected chi connectivity index (χ4v) is 1.77. The van der Waals surface area contributed by atoms with Crippen LogP contribution in [0.25, 0.3) is 0 Å². The van der Waals surface area contributed by atoms with Crippen LogP contribution >= 0.6 is 0 Å². The van der Waals surface area contributed by atoms with Crippen molar-refractivity contribution in [2.24, 2.45) is 4.99 Å². The van der Waals surface area contributed by atoms with Gasteiger partial charge in [0.1, 0.15) is 0 Å². The summed E-state index contributed by atoms with van der Waals surface area (Å²) in [7, 11) is 1.71. The van der Waals surface area contributed by atoms with Gasteiger partial charge < -0.3 is 15.4 Å². The summed E-state index contributed by atoms with van der Waals surface area (Å²) in [5, 5.41) is 6.61. The lowest BCUT2D eigenvalue weighted by molar-refractivity contribution is 0.0310. The van der Waals surface area contributed by atoms with Gasteiger partial charge in [0.15, 0.2) is 5.96 Å². The zero-order chi connectivity index (χ0) is 15.7. The Morgan fingerprint density at radius 1 is 1.38 bits per heavy atom. The molecule has 118 valence electrons. The summed E-state index contributed by atoms with van der Waals surface area (Å²) < 4.78 is 5.39. The van der Waals surface area contributed by atoms with Gasteiger partial charge in [-0.3, -0.25) is 9.98 Å². The van der Waals surface area contributed by atoms with E-state index in [-0.39, 0.29) is 5.60 Å². The molecule has 0 atom stereocenters. The number of hydrogen-bond donors (Lipinski definition) is 2. The highest BCUT2D eigenvalue weighted by Gasteiger charge is 2.15. The van der Waals surface area contributed by atoms with E-state index in [0.717, 1.165) is 25.5 Å². The number of methoxy groups -OCH3 is 1. The van der Waals surface area contributed by atoms with E-state index in [1.54, 1.807) is 7.11 Å². The van der Waals surface area contributed by atoms with E-state index < -0.39 is 0 Å². The Labute approximate surface area is 128 Å². The van der Waals surface area contributed by atoms with Crippen molar-refractivity contribution in [3.63, 3.8) is 0 Å². The number of aliphatic imine (C=N–C) groups is 1. The van der Waals surface area contributed by atoms with Crippen molar-refractivity contribution < 1.29 is 4.74 Å². The molecule has 0 aliphatic heterocycles. The van der Waals surface area contributed by atoms with Gasteiger partial charge >= 0.3 is 0 Å². The Morgan fingerprint density at radius 2 is 2.14 bits per heavy atom. The van der Waals surface area contributed by atoms with Gasteiger partial charge in [0, 0.05) is 32.6 Å². The predicted octanol–water partition coefficient (Wildman–Crippen LogP) is 1.91. The van der Waals surface area contributed by atoms with Gasteiger partial charge in [-0.1, -0.05) is 0 Å². The third-order valence-corrected chi connectivity index (χ3v) is 3.34. The number of ether oxygens (including phenoxy) is 1. The lowest BCUT2D eigenvalue weighted by Gasteiger charge is -2.21. The fraction of sp³-hybridized carbons (Fsp3) is 0.625. The number of rotatable bonds is 7. The predicted molar refractivity (Wildman–Crippen MR) is 87.7 cm³/mol. The van der Waals surface area contributed by atoms with Crippen LogP contribution in [-0.2, 0) is 11.2 Å². The molecule has 1 aromatic rings. The van der Waals surface area contributed by atoms with Gasteiger partial charge in [0.25, 0.3) is 0 Å². The van der Waals surface area contributed by atoms with Crippen molar-refractivity contribution in [3.05, 3.63) is 29.6 Å². The largest absolute Gasteiger partial charge is 0.377 e. The summed E-state index contributed by atoms with van der Waals surface area (Å²) in [6, 6.07) is 2.06. The molecule has 1 rings (SSSR count). The minimum atomic E-state index is -0.246. The number of pyridine rings is 1. The molecule has 0 spiro atoms. The minimum Gasteiger partial charge on any atom is -0.377 e. The zero-order valence-corrected chi connectivity index (χ0v) is 13.9. The lowest BCUT2D eigenvalue weighted by Crippen LogP contribution is -2.40. The number of guanidine groups is 1. The quantitative estimate of drug-likeness (QED) is 0.595. The second kappa shape index (κ2) is 8.62. The van der Waals surface area contributed by atoms with Crippen LogP contribution in [0.3, 0.4) is 0 Å². The van der Waals surface area contributed by atoms with Crippen LogP contribution in [-0.4, -0.2) is 43.3 Å². The standard InChI is InChI=1S/C16H28N4O/c1-6-18-15(20-12-16(3,4)21-5)19-10-8-14-7-9-17-11-13(14)2/h7,9,11H,6,8,10,12H2,1-5H3,(H2,18,19,20). The van der Waals surface area contributed by atoms with E-state index in [0.29, 0.717) is 6.54 Å². The molecular formula is C16H28N4O. The highest BCUT2D eigenvalue weighted by molar-refractivity contribution is 5.79. The summed E-state index contributed by atoms with van der Waals surface area (Å²) in [4.78, 5) is 8.68. The molecule has 0 bridgehead atoms. The average Bonchev–Trinajstić information content (AvgIpc) is 2.47. The van der Waals surface area contributed by atoms with Crippen molar-refractivity contribution in [1.82, 2.24) is 15.6 Å². The van der Waals surface area contributed by atoms with Crippen LogP contribution in [0, 0.1) is 6.92 Å². The molecule has 5 heteroatoms. The van der Waals surface area contributed by atoms with Crippen molar-refractivity contribution in [2.75, 3.05) is 26.7 Å². The minimum absolute atomic E-state index is 0.246. The lowest BCUT2D eigenvalue weighted by atomic mass is 10.1. The number of aryl methyl sites for hydroxylation is 1. The monoisotopic (exact) mass is 292 g/mol. The molecular weight excluding hydrogens is 264 g/mol. The Morgan fingerprint density at radius 3 is 2.76 bits per heavy atom. The van der Waals surface area contributed by atoms with E-state index >= 15 is 0 Å². The Bertz CT molecular complexity index is 457. The molecule has 0 saturated carbocycles. The van der Waals surface area contributed by atoms with Gasteiger partial charge in [-0.15, -0.1) is 0 Å². The van der Waals surface area contributed by atoms with Gasteiger partial charge in [-0.05, 0) is 51.3 Å². The van der Waals surface area contributed by atoms with Crippen molar-refractivity contribution in [2.45, 2.75) is 39.7 Å². The maximum Gasteiger partial charge on any atom is 0.191 e. The molecule has 0 saturated heterocycles. The van der Waals surface area contributed by atoms with E-state index in [4.69, 9.17) is 4.74 Å². The van der Waals surface area contributed by atoms with Crippen LogP contribution in [0.1, 0.15) is 31.9 Å². The third kappa shape index (κ3) is 6.58. The number of nitrogens with zero attached hydrogens (tertiary/aromatic N) is 2. The molecule has 1 aromatic heterocycles. The molecule has 1 heterocycles. The fourth-order valence-electron chi connectivity index (χ4n) is 1.77. The summed E-state index contributed by atoms with van der Waals surface area (Å²) >= 11 is 0. The summed E-state index contributed by atoms with van der Waals surface area (Å²) in [6.45, 7) is 10.5. The van der Waals surface area contributed by atoms with Crippen LogP contribution in [0.5, 0.6) is 0 Å². The Kier molecular flexibility index (Phi) is 7.15. The van der Waals surface area contributed by atoms with Crippen LogP contribution in [0.2, 0.25) is 0 Å². The van der Waals surface area contributed by atoms with Crippen LogP contribution < -0.4 is 10.6 Å². The highest BCUT2D eigenvalue weighted by Crippen LogP contribution is 2.07. The first-order valence-electron chi connectivity index (χ1n) is 7.45. The molecule has 0 unspecified atom stereocenters. The molecule has 0 aliphatic carbocycles. The molecule has 0 aliphatic rings. The van der Waals surface area contributed by atoms with E-state index in [2.05, 4.69) is 40.5 Å². The van der Waals surface area contributed by atoms with Crippen molar-refractivity contribution in [3.8, 4) is 0 Å². The van der Waals surface area contributed by atoms with E-state index in [9.17, 15) is 0 Å². The number of aromatic nitrogens is 1. The maximum absolute atomic E-state index is 5.39. The average molecular weight is 292 g/mol. The Balaban J connectivity index is 2.51. The van der Waals surface area contributed by atoms with Gasteiger partial charge in [0.05, 0.1) is 12.1 Å². The summed E-state index contributed by atoms with van der Waals surface area (Å²) in [5.74, 6) is 0.828. The second-order valence-corrected chi connectivity index (χ2v) is 5.64.